The minimum absolute atomic E-state index is 0.247. The van der Waals surface area contributed by atoms with Crippen LogP contribution in [0.4, 0.5) is 0 Å². The van der Waals surface area contributed by atoms with Crippen LogP contribution in [0, 0.1) is 0 Å². The zero-order valence-corrected chi connectivity index (χ0v) is 5.76. The fraction of sp³-hybridized carbons (Fsp3) is 0.500. The van der Waals surface area contributed by atoms with Gasteiger partial charge in [0.2, 0.25) is 6.35 Å². The third-order valence-electron chi connectivity index (χ3n) is 1.71. The molecule has 0 radical (unpaired) electrons. The highest BCUT2D eigenvalue weighted by Gasteiger charge is 2.28. The quantitative estimate of drug-likeness (QED) is 0.389. The van der Waals surface area contributed by atoms with Crippen molar-refractivity contribution in [3.63, 3.8) is 0 Å². The van der Waals surface area contributed by atoms with E-state index >= 15 is 0 Å². The molecule has 0 saturated heterocycles. The summed E-state index contributed by atoms with van der Waals surface area (Å²) in [4.78, 5) is 11.0. The molecule has 1 atom stereocenters. The van der Waals surface area contributed by atoms with Crippen molar-refractivity contribution in [1.82, 2.24) is 10.6 Å². The summed E-state index contributed by atoms with van der Waals surface area (Å²) in [6.45, 7) is 0.723. The molecule has 1 amide bonds. The Balaban J connectivity index is 2.28. The summed E-state index contributed by atoms with van der Waals surface area (Å²) in [7, 11) is 0. The van der Waals surface area contributed by atoms with Gasteiger partial charge < -0.3 is 20.5 Å². The first-order valence-electron chi connectivity index (χ1n) is 3.32. The van der Waals surface area contributed by atoms with Gasteiger partial charge in [-0.25, -0.2) is 0 Å². The Bertz CT molecular complexity index is 236. The van der Waals surface area contributed by atoms with Crippen LogP contribution >= 0.6 is 0 Å². The number of hydrogen-bond acceptors (Lipinski definition) is 4. The largest absolute Gasteiger partial charge is 0.370 e. The monoisotopic (exact) mass is 156 g/mol. The highest BCUT2D eigenvalue weighted by Crippen LogP contribution is 2.14. The van der Waals surface area contributed by atoms with Crippen LogP contribution in [-0.2, 0) is 9.53 Å². The fourth-order valence-corrected chi connectivity index (χ4v) is 1.17. The Morgan fingerprint density at radius 1 is 1.45 bits per heavy atom. The molecule has 0 fully saturated rings. The molecule has 0 spiro atoms. The topological polar surface area (TPSA) is 70.6 Å². The molecule has 3 N–H and O–H groups in total. The Kier molecular flexibility index (Phi) is 1.33. The lowest BCUT2D eigenvalue weighted by molar-refractivity contribution is -0.121. The van der Waals surface area contributed by atoms with E-state index in [9.17, 15) is 4.79 Å². The van der Waals surface area contributed by atoms with Crippen LogP contribution in [0.2, 0.25) is 0 Å². The second-order valence-electron chi connectivity index (χ2n) is 2.47. The molecule has 60 valence electrons. The minimum atomic E-state index is -0.969. The number of hydrogen-bond donors (Lipinski definition) is 3. The first-order chi connectivity index (χ1) is 5.27. The third kappa shape index (κ3) is 0.979. The number of ether oxygens (including phenoxy) is 1. The average molecular weight is 156 g/mol. The van der Waals surface area contributed by atoms with Crippen LogP contribution in [0.3, 0.4) is 0 Å². The number of rotatable bonds is 0. The van der Waals surface area contributed by atoms with E-state index < -0.39 is 6.35 Å². The first kappa shape index (κ1) is 6.63. The van der Waals surface area contributed by atoms with Gasteiger partial charge in [-0.15, -0.1) is 0 Å². The van der Waals surface area contributed by atoms with E-state index in [0.29, 0.717) is 24.5 Å². The van der Waals surface area contributed by atoms with Crippen molar-refractivity contribution < 1.29 is 14.6 Å². The molecular weight excluding hydrogens is 148 g/mol. The van der Waals surface area contributed by atoms with E-state index in [1.165, 1.54) is 0 Å². The molecule has 5 nitrogen and oxygen atoms in total. The summed E-state index contributed by atoms with van der Waals surface area (Å²) in [5.41, 5.74) is 1.29. The van der Waals surface area contributed by atoms with Gasteiger partial charge in [-0.2, -0.15) is 0 Å². The molecular formula is C6H8N2O3. The third-order valence-corrected chi connectivity index (χ3v) is 1.71. The maximum absolute atomic E-state index is 11.0. The molecule has 2 heterocycles. The highest BCUT2D eigenvalue weighted by molar-refractivity contribution is 5.95. The van der Waals surface area contributed by atoms with Crippen molar-refractivity contribution in [2.45, 2.75) is 6.35 Å². The zero-order valence-electron chi connectivity index (χ0n) is 5.76. The first-order valence-corrected chi connectivity index (χ1v) is 3.32. The number of nitrogens with one attached hydrogen (secondary N) is 2. The minimum Gasteiger partial charge on any atom is -0.370 e. The molecule has 5 heteroatoms. The maximum atomic E-state index is 11.0. The van der Waals surface area contributed by atoms with E-state index in [-0.39, 0.29) is 5.91 Å². The zero-order chi connectivity index (χ0) is 7.84. The van der Waals surface area contributed by atoms with Crippen LogP contribution in [-0.4, -0.2) is 30.6 Å². The predicted octanol–water partition coefficient (Wildman–Crippen LogP) is -1.73. The van der Waals surface area contributed by atoms with E-state index in [0.717, 1.165) is 0 Å². The van der Waals surface area contributed by atoms with Gasteiger partial charge in [-0.1, -0.05) is 0 Å². The van der Waals surface area contributed by atoms with Crippen molar-refractivity contribution in [1.29, 1.82) is 0 Å². The molecule has 2 rings (SSSR count). The SMILES string of the molecule is O=C1NC(O)NC2=C1COC2. The van der Waals surface area contributed by atoms with Crippen molar-refractivity contribution in [2.24, 2.45) is 0 Å². The van der Waals surface area contributed by atoms with E-state index in [4.69, 9.17) is 9.84 Å². The highest BCUT2D eigenvalue weighted by atomic mass is 16.5. The Hall–Kier alpha value is -1.07. The van der Waals surface area contributed by atoms with Gasteiger partial charge in [0.25, 0.3) is 5.91 Å². The standard InChI is InChI=1S/C6H8N2O3/c9-5-3-1-11-2-4(3)7-6(10)8-5/h6-7,10H,1-2H2,(H,8,9). The summed E-state index contributed by atoms with van der Waals surface area (Å²) >= 11 is 0. The summed E-state index contributed by atoms with van der Waals surface area (Å²) in [6.07, 6.45) is -0.969. The average Bonchev–Trinajstić information content (AvgIpc) is 2.34. The van der Waals surface area contributed by atoms with Crippen molar-refractivity contribution in [2.75, 3.05) is 13.2 Å². The Morgan fingerprint density at radius 2 is 2.27 bits per heavy atom. The smallest absolute Gasteiger partial charge is 0.254 e. The van der Waals surface area contributed by atoms with Gasteiger partial charge in [0, 0.05) is 0 Å². The number of carbonyl (C=O) groups is 1. The van der Waals surface area contributed by atoms with Crippen LogP contribution in [0.25, 0.3) is 0 Å². The van der Waals surface area contributed by atoms with Gasteiger partial charge in [-0.3, -0.25) is 4.79 Å². The molecule has 0 aromatic heterocycles. The lowest BCUT2D eigenvalue weighted by Crippen LogP contribution is -2.50. The fourth-order valence-electron chi connectivity index (χ4n) is 1.17. The van der Waals surface area contributed by atoms with Crippen LogP contribution in [0.1, 0.15) is 0 Å². The molecule has 0 aromatic carbocycles. The summed E-state index contributed by atoms with van der Waals surface area (Å²) in [6, 6.07) is 0. The van der Waals surface area contributed by atoms with E-state index in [2.05, 4.69) is 10.6 Å². The molecule has 11 heavy (non-hydrogen) atoms. The lowest BCUT2D eigenvalue weighted by atomic mass is 10.2. The van der Waals surface area contributed by atoms with Crippen LogP contribution in [0.15, 0.2) is 11.3 Å². The van der Waals surface area contributed by atoms with Gasteiger partial charge in [0.15, 0.2) is 0 Å². The van der Waals surface area contributed by atoms with Gasteiger partial charge >= 0.3 is 0 Å². The molecule has 0 saturated carbocycles. The second kappa shape index (κ2) is 2.21. The second-order valence-corrected chi connectivity index (χ2v) is 2.47. The van der Waals surface area contributed by atoms with Gasteiger partial charge in [-0.05, 0) is 0 Å². The number of aliphatic hydroxyl groups excluding tert-OH is 1. The molecule has 2 aliphatic heterocycles. The molecule has 0 aliphatic carbocycles. The van der Waals surface area contributed by atoms with Crippen LogP contribution < -0.4 is 10.6 Å². The summed E-state index contributed by atoms with van der Waals surface area (Å²) in [5, 5.41) is 14.0. The normalized spacial score (nSPS) is 29.5. The predicted molar refractivity (Wildman–Crippen MR) is 35.1 cm³/mol. The molecule has 0 aromatic rings. The van der Waals surface area contributed by atoms with E-state index in [1.807, 2.05) is 0 Å². The van der Waals surface area contributed by atoms with Gasteiger partial charge in [0.1, 0.15) is 0 Å². The van der Waals surface area contributed by atoms with E-state index in [1.54, 1.807) is 0 Å². The maximum Gasteiger partial charge on any atom is 0.254 e. The lowest BCUT2D eigenvalue weighted by Gasteiger charge is -2.21. The molecule has 2 aliphatic rings. The van der Waals surface area contributed by atoms with Crippen molar-refractivity contribution in [3.05, 3.63) is 11.3 Å². The number of carbonyl (C=O) groups excluding carboxylic acids is 1. The molecule has 0 bridgehead atoms. The summed E-state index contributed by atoms with van der Waals surface area (Å²) < 4.78 is 5.00. The Morgan fingerprint density at radius 3 is 3.09 bits per heavy atom. The Labute approximate surface area is 63.0 Å². The van der Waals surface area contributed by atoms with Crippen molar-refractivity contribution >= 4 is 5.91 Å². The number of aliphatic hydroxyl groups is 1. The molecule has 1 unspecified atom stereocenters. The number of amides is 1. The summed E-state index contributed by atoms with van der Waals surface area (Å²) in [5.74, 6) is -0.247. The van der Waals surface area contributed by atoms with Gasteiger partial charge in [0.05, 0.1) is 24.5 Å². The van der Waals surface area contributed by atoms with Crippen LogP contribution in [0.5, 0.6) is 0 Å². The van der Waals surface area contributed by atoms with Crippen molar-refractivity contribution in [3.8, 4) is 0 Å².